The van der Waals surface area contributed by atoms with Gasteiger partial charge in [-0.15, -0.1) is 0 Å². The van der Waals surface area contributed by atoms with Crippen molar-refractivity contribution in [1.29, 1.82) is 0 Å². The first-order chi connectivity index (χ1) is 7.77. The van der Waals surface area contributed by atoms with Crippen LogP contribution in [0.2, 0.25) is 0 Å². The molecule has 0 radical (unpaired) electrons. The van der Waals surface area contributed by atoms with Gasteiger partial charge < -0.3 is 10.1 Å². The molecule has 1 aliphatic carbocycles. The Morgan fingerprint density at radius 3 is 2.75 bits per heavy atom. The summed E-state index contributed by atoms with van der Waals surface area (Å²) in [7, 11) is 0. The van der Waals surface area contributed by atoms with Crippen molar-refractivity contribution in [3.05, 3.63) is 0 Å². The van der Waals surface area contributed by atoms with E-state index in [4.69, 9.17) is 4.74 Å². The van der Waals surface area contributed by atoms with Crippen LogP contribution in [0, 0.1) is 11.8 Å². The number of rotatable bonds is 5. The maximum absolute atomic E-state index is 11.5. The van der Waals surface area contributed by atoms with E-state index in [1.165, 1.54) is 0 Å². The van der Waals surface area contributed by atoms with Crippen LogP contribution in [0.1, 0.15) is 19.8 Å². The summed E-state index contributed by atoms with van der Waals surface area (Å²) >= 11 is 0. The van der Waals surface area contributed by atoms with Gasteiger partial charge in [0, 0.05) is 25.6 Å². The lowest BCUT2D eigenvalue weighted by Gasteiger charge is -2.26. The van der Waals surface area contributed by atoms with Gasteiger partial charge in [0.1, 0.15) is 0 Å². The lowest BCUT2D eigenvalue weighted by Crippen LogP contribution is -2.38. The number of ether oxygens (including phenoxy) is 1. The summed E-state index contributed by atoms with van der Waals surface area (Å²) in [6.45, 7) is 7.81. The Morgan fingerprint density at radius 1 is 1.44 bits per heavy atom. The van der Waals surface area contributed by atoms with Gasteiger partial charge in [0.15, 0.2) is 0 Å². The lowest BCUT2D eigenvalue weighted by atomic mass is 10.3. The largest absolute Gasteiger partial charge is 0.379 e. The molecule has 92 valence electrons. The fourth-order valence-corrected chi connectivity index (χ4v) is 2.16. The number of morpholine rings is 1. The molecule has 2 aliphatic rings. The van der Waals surface area contributed by atoms with Crippen LogP contribution in [0.3, 0.4) is 0 Å². The minimum absolute atomic E-state index is 0.259. The molecule has 0 aromatic heterocycles. The Bertz CT molecular complexity index is 239. The average molecular weight is 226 g/mol. The zero-order valence-electron chi connectivity index (χ0n) is 10.1. The normalized spacial score (nSPS) is 30.1. The molecule has 1 saturated carbocycles. The Kier molecular flexibility index (Phi) is 4.18. The van der Waals surface area contributed by atoms with E-state index in [-0.39, 0.29) is 5.91 Å². The molecule has 1 amide bonds. The molecule has 0 spiro atoms. The molecule has 1 saturated heterocycles. The molecule has 2 atom stereocenters. The van der Waals surface area contributed by atoms with E-state index < -0.39 is 0 Å². The summed E-state index contributed by atoms with van der Waals surface area (Å²) < 4.78 is 5.28. The fraction of sp³-hybridized carbons (Fsp3) is 0.917. The van der Waals surface area contributed by atoms with Crippen molar-refractivity contribution in [2.24, 2.45) is 11.8 Å². The van der Waals surface area contributed by atoms with Crippen LogP contribution in [0.25, 0.3) is 0 Å². The Morgan fingerprint density at radius 2 is 2.12 bits per heavy atom. The number of amides is 1. The lowest BCUT2D eigenvalue weighted by molar-refractivity contribution is -0.122. The standard InChI is InChI=1S/C12H22N2O2/c1-10-9-11(10)12(15)13-3-2-4-14-5-7-16-8-6-14/h10-11H,2-9H2,1H3,(H,13,15)/t10-,11-/m0/s1. The van der Waals surface area contributed by atoms with Crippen molar-refractivity contribution in [3.8, 4) is 0 Å². The van der Waals surface area contributed by atoms with Crippen molar-refractivity contribution in [1.82, 2.24) is 10.2 Å². The predicted octanol–water partition coefficient (Wildman–Crippen LogP) is 0.481. The molecule has 2 rings (SSSR count). The number of carbonyl (C=O) groups is 1. The topological polar surface area (TPSA) is 41.6 Å². The van der Waals surface area contributed by atoms with Gasteiger partial charge in [0.2, 0.25) is 5.91 Å². The molecule has 1 heterocycles. The summed E-state index contributed by atoms with van der Waals surface area (Å²) in [6.07, 6.45) is 2.13. The number of nitrogens with zero attached hydrogens (tertiary/aromatic N) is 1. The molecule has 0 bridgehead atoms. The third-order valence-corrected chi connectivity index (χ3v) is 3.50. The van der Waals surface area contributed by atoms with Crippen LogP contribution < -0.4 is 5.32 Å². The minimum Gasteiger partial charge on any atom is -0.379 e. The van der Waals surface area contributed by atoms with Crippen LogP contribution in [0.4, 0.5) is 0 Å². The Labute approximate surface area is 97.3 Å². The maximum Gasteiger partial charge on any atom is 0.223 e. The summed E-state index contributed by atoms with van der Waals surface area (Å²) in [5, 5.41) is 3.02. The second-order valence-corrected chi connectivity index (χ2v) is 4.92. The van der Waals surface area contributed by atoms with Gasteiger partial charge in [-0.25, -0.2) is 0 Å². The average Bonchev–Trinajstić information content (AvgIpc) is 3.03. The highest BCUT2D eigenvalue weighted by atomic mass is 16.5. The van der Waals surface area contributed by atoms with Gasteiger partial charge in [-0.05, 0) is 25.3 Å². The monoisotopic (exact) mass is 226 g/mol. The van der Waals surface area contributed by atoms with Gasteiger partial charge >= 0.3 is 0 Å². The molecule has 0 unspecified atom stereocenters. The van der Waals surface area contributed by atoms with E-state index in [2.05, 4.69) is 17.1 Å². The molecule has 0 aromatic carbocycles. The summed E-state index contributed by atoms with van der Waals surface area (Å²) in [4.78, 5) is 13.9. The van der Waals surface area contributed by atoms with Crippen LogP contribution in [0.5, 0.6) is 0 Å². The number of hydrogen-bond acceptors (Lipinski definition) is 3. The van der Waals surface area contributed by atoms with Crippen LogP contribution in [0.15, 0.2) is 0 Å². The van der Waals surface area contributed by atoms with E-state index in [0.717, 1.165) is 52.2 Å². The van der Waals surface area contributed by atoms with E-state index in [1.807, 2.05) is 0 Å². The van der Waals surface area contributed by atoms with E-state index in [1.54, 1.807) is 0 Å². The highest BCUT2D eigenvalue weighted by Gasteiger charge is 2.38. The molecule has 1 N–H and O–H groups in total. The van der Waals surface area contributed by atoms with Crippen molar-refractivity contribution in [2.45, 2.75) is 19.8 Å². The third kappa shape index (κ3) is 3.46. The quantitative estimate of drug-likeness (QED) is 0.693. The number of hydrogen-bond donors (Lipinski definition) is 1. The molecule has 4 heteroatoms. The zero-order chi connectivity index (χ0) is 11.4. The first-order valence-corrected chi connectivity index (χ1v) is 6.35. The van der Waals surface area contributed by atoms with Crippen molar-refractivity contribution in [3.63, 3.8) is 0 Å². The second kappa shape index (κ2) is 5.64. The van der Waals surface area contributed by atoms with E-state index >= 15 is 0 Å². The van der Waals surface area contributed by atoms with Gasteiger partial charge in [-0.3, -0.25) is 9.69 Å². The molecular weight excluding hydrogens is 204 g/mol. The molecule has 0 aromatic rings. The molecule has 1 aliphatic heterocycles. The highest BCUT2D eigenvalue weighted by Crippen LogP contribution is 2.37. The number of carbonyl (C=O) groups excluding carboxylic acids is 1. The summed E-state index contributed by atoms with van der Waals surface area (Å²) in [5.74, 6) is 1.18. The minimum atomic E-state index is 0.259. The fourth-order valence-electron chi connectivity index (χ4n) is 2.16. The Hall–Kier alpha value is -0.610. The van der Waals surface area contributed by atoms with E-state index in [0.29, 0.717) is 11.8 Å². The second-order valence-electron chi connectivity index (χ2n) is 4.92. The van der Waals surface area contributed by atoms with Crippen molar-refractivity contribution in [2.75, 3.05) is 39.4 Å². The molecule has 2 fully saturated rings. The van der Waals surface area contributed by atoms with Crippen LogP contribution >= 0.6 is 0 Å². The van der Waals surface area contributed by atoms with Gasteiger partial charge in [0.05, 0.1) is 13.2 Å². The van der Waals surface area contributed by atoms with E-state index in [9.17, 15) is 4.79 Å². The highest BCUT2D eigenvalue weighted by molar-refractivity contribution is 5.81. The first kappa shape index (κ1) is 11.9. The predicted molar refractivity (Wildman–Crippen MR) is 62.2 cm³/mol. The molecular formula is C12H22N2O2. The molecule has 4 nitrogen and oxygen atoms in total. The Balaban J connectivity index is 1.49. The summed E-state index contributed by atoms with van der Waals surface area (Å²) in [5.41, 5.74) is 0. The van der Waals surface area contributed by atoms with Gasteiger partial charge in [-0.2, -0.15) is 0 Å². The summed E-state index contributed by atoms with van der Waals surface area (Å²) in [6, 6.07) is 0. The smallest absolute Gasteiger partial charge is 0.223 e. The first-order valence-electron chi connectivity index (χ1n) is 6.35. The van der Waals surface area contributed by atoms with Crippen molar-refractivity contribution >= 4 is 5.91 Å². The van der Waals surface area contributed by atoms with Crippen LogP contribution in [-0.4, -0.2) is 50.2 Å². The van der Waals surface area contributed by atoms with Gasteiger partial charge in [-0.1, -0.05) is 6.92 Å². The maximum atomic E-state index is 11.5. The van der Waals surface area contributed by atoms with Gasteiger partial charge in [0.25, 0.3) is 0 Å². The number of nitrogens with one attached hydrogen (secondary N) is 1. The van der Waals surface area contributed by atoms with Crippen molar-refractivity contribution < 1.29 is 9.53 Å². The molecule has 16 heavy (non-hydrogen) atoms. The zero-order valence-corrected chi connectivity index (χ0v) is 10.1. The van der Waals surface area contributed by atoms with Crippen LogP contribution in [-0.2, 0) is 9.53 Å². The third-order valence-electron chi connectivity index (χ3n) is 3.50. The SMILES string of the molecule is C[C@H]1C[C@@H]1C(=O)NCCCN1CCOCC1.